The average molecular weight is 403 g/mol. The van der Waals surface area contributed by atoms with Crippen LogP contribution in [0, 0.1) is 5.41 Å². The van der Waals surface area contributed by atoms with Crippen molar-refractivity contribution in [1.82, 2.24) is 19.6 Å². The van der Waals surface area contributed by atoms with Gasteiger partial charge < -0.3 is 14.5 Å². The van der Waals surface area contributed by atoms with Crippen molar-refractivity contribution in [3.05, 3.63) is 29.3 Å². The van der Waals surface area contributed by atoms with Crippen LogP contribution in [0.3, 0.4) is 0 Å². The molecule has 2 saturated heterocycles. The zero-order valence-corrected chi connectivity index (χ0v) is 17.4. The van der Waals surface area contributed by atoms with Gasteiger partial charge in [-0.1, -0.05) is 6.07 Å². The number of carbonyl (C=O) groups excluding carboxylic acids is 2. The maximum atomic E-state index is 13.0. The predicted octanol–water partition coefficient (Wildman–Crippen LogP) is 2.25. The van der Waals surface area contributed by atoms with Crippen LogP contribution in [0.15, 0.2) is 23.6 Å². The van der Waals surface area contributed by atoms with Gasteiger partial charge in [0.25, 0.3) is 5.91 Å². The van der Waals surface area contributed by atoms with Gasteiger partial charge in [-0.3, -0.25) is 14.3 Å². The minimum absolute atomic E-state index is 0.0242. The lowest BCUT2D eigenvalue weighted by Crippen LogP contribution is -2.45. The number of likely N-dealkylation sites (N-methyl/N-ethyl adjacent to an activating group) is 1. The summed E-state index contributed by atoms with van der Waals surface area (Å²) in [4.78, 5) is 30.5. The molecule has 2 aliphatic rings. The molecule has 1 amide bonds. The number of cyclic esters (lactones) is 1. The first kappa shape index (κ1) is 19.1. The van der Waals surface area contributed by atoms with Crippen LogP contribution in [0.2, 0.25) is 0 Å². The zero-order valence-electron chi connectivity index (χ0n) is 16.6. The van der Waals surface area contributed by atoms with Crippen molar-refractivity contribution in [2.75, 3.05) is 33.7 Å². The SMILES string of the molecule is CN(C)CC1CC2(CCN(C(=O)c3cc(-c4cccs4)nn3C)CC2)C(=O)O1. The number of aromatic nitrogens is 2. The second kappa shape index (κ2) is 7.33. The van der Waals surface area contributed by atoms with E-state index in [0.29, 0.717) is 31.6 Å². The molecule has 8 heteroatoms. The third-order valence-corrected chi connectivity index (χ3v) is 6.67. The predicted molar refractivity (Wildman–Crippen MR) is 107 cm³/mol. The van der Waals surface area contributed by atoms with E-state index in [1.54, 1.807) is 23.1 Å². The van der Waals surface area contributed by atoms with Crippen LogP contribution >= 0.6 is 11.3 Å². The van der Waals surface area contributed by atoms with Gasteiger partial charge in [-0.2, -0.15) is 5.10 Å². The minimum Gasteiger partial charge on any atom is -0.461 e. The van der Waals surface area contributed by atoms with E-state index < -0.39 is 5.41 Å². The first-order chi connectivity index (χ1) is 13.4. The van der Waals surface area contributed by atoms with Crippen molar-refractivity contribution in [2.24, 2.45) is 12.5 Å². The van der Waals surface area contributed by atoms with Gasteiger partial charge in [-0.25, -0.2) is 0 Å². The Morgan fingerprint density at radius 3 is 2.79 bits per heavy atom. The molecule has 0 bridgehead atoms. The van der Waals surface area contributed by atoms with E-state index in [1.807, 2.05) is 47.5 Å². The van der Waals surface area contributed by atoms with E-state index in [4.69, 9.17) is 4.74 Å². The third kappa shape index (κ3) is 3.46. The van der Waals surface area contributed by atoms with Gasteiger partial charge in [0.1, 0.15) is 17.5 Å². The molecule has 0 saturated carbocycles. The van der Waals surface area contributed by atoms with Crippen molar-refractivity contribution in [2.45, 2.75) is 25.4 Å². The molecule has 2 aromatic rings. The number of nitrogens with zero attached hydrogens (tertiary/aromatic N) is 4. The molecule has 4 heterocycles. The summed E-state index contributed by atoms with van der Waals surface area (Å²) in [6.45, 7) is 1.89. The van der Waals surface area contributed by atoms with Gasteiger partial charge in [0, 0.05) is 33.1 Å². The fourth-order valence-corrected chi connectivity index (χ4v) is 4.95. The number of aryl methyl sites for hydroxylation is 1. The minimum atomic E-state index is -0.425. The normalized spacial score (nSPS) is 21.5. The topological polar surface area (TPSA) is 67.7 Å². The van der Waals surface area contributed by atoms with E-state index in [1.165, 1.54) is 0 Å². The number of rotatable bonds is 4. The van der Waals surface area contributed by atoms with E-state index in [-0.39, 0.29) is 18.0 Å². The highest BCUT2D eigenvalue weighted by Crippen LogP contribution is 2.43. The highest BCUT2D eigenvalue weighted by Gasteiger charge is 2.50. The molecule has 2 aromatic heterocycles. The van der Waals surface area contributed by atoms with Crippen LogP contribution in [0.25, 0.3) is 10.6 Å². The molecule has 0 radical (unpaired) electrons. The zero-order chi connectivity index (χ0) is 19.9. The molecule has 0 aliphatic carbocycles. The monoisotopic (exact) mass is 402 g/mol. The highest BCUT2D eigenvalue weighted by molar-refractivity contribution is 7.13. The Labute approximate surface area is 168 Å². The van der Waals surface area contributed by atoms with Crippen LogP contribution < -0.4 is 0 Å². The maximum absolute atomic E-state index is 13.0. The summed E-state index contributed by atoms with van der Waals surface area (Å²) in [6.07, 6.45) is 2.03. The number of amides is 1. The molecule has 150 valence electrons. The molecule has 7 nitrogen and oxygen atoms in total. The Bertz CT molecular complexity index is 866. The molecule has 0 N–H and O–H groups in total. The smallest absolute Gasteiger partial charge is 0.312 e. The maximum Gasteiger partial charge on any atom is 0.312 e. The van der Waals surface area contributed by atoms with Gasteiger partial charge in [0.15, 0.2) is 0 Å². The lowest BCUT2D eigenvalue weighted by molar-refractivity contribution is -0.150. The number of likely N-dealkylation sites (tertiary alicyclic amines) is 1. The number of ether oxygens (including phenoxy) is 1. The van der Waals surface area contributed by atoms with Gasteiger partial charge in [-0.15, -0.1) is 11.3 Å². The molecule has 4 rings (SSSR count). The summed E-state index contributed by atoms with van der Waals surface area (Å²) in [5.41, 5.74) is 0.977. The van der Waals surface area contributed by atoms with E-state index >= 15 is 0 Å². The molecule has 2 aliphatic heterocycles. The third-order valence-electron chi connectivity index (χ3n) is 5.77. The number of esters is 1. The second-order valence-corrected chi connectivity index (χ2v) is 9.03. The lowest BCUT2D eigenvalue weighted by Gasteiger charge is -2.36. The summed E-state index contributed by atoms with van der Waals surface area (Å²) >= 11 is 1.61. The van der Waals surface area contributed by atoms with Crippen LogP contribution in [0.5, 0.6) is 0 Å². The Kier molecular flexibility index (Phi) is 5.01. The lowest BCUT2D eigenvalue weighted by atomic mass is 9.76. The first-order valence-corrected chi connectivity index (χ1v) is 10.5. The summed E-state index contributed by atoms with van der Waals surface area (Å²) < 4.78 is 7.26. The Balaban J connectivity index is 1.43. The number of hydrogen-bond acceptors (Lipinski definition) is 6. The largest absolute Gasteiger partial charge is 0.461 e. The molecule has 0 aromatic carbocycles. The summed E-state index contributed by atoms with van der Waals surface area (Å²) in [5, 5.41) is 6.49. The average Bonchev–Trinajstić information content (AvgIpc) is 3.35. The molecule has 1 atom stereocenters. The van der Waals surface area contributed by atoms with Crippen molar-refractivity contribution in [3.8, 4) is 10.6 Å². The summed E-state index contributed by atoms with van der Waals surface area (Å²) in [5.74, 6) is -0.115. The molecular formula is C20H26N4O3S. The number of carbonyl (C=O) groups is 2. The van der Waals surface area contributed by atoms with Crippen LogP contribution in [-0.2, 0) is 16.6 Å². The van der Waals surface area contributed by atoms with Crippen LogP contribution in [0.1, 0.15) is 29.8 Å². The summed E-state index contributed by atoms with van der Waals surface area (Å²) in [6, 6.07) is 5.84. The van der Waals surface area contributed by atoms with Gasteiger partial charge in [0.05, 0.1) is 10.3 Å². The highest BCUT2D eigenvalue weighted by atomic mass is 32.1. The molecule has 2 fully saturated rings. The van der Waals surface area contributed by atoms with Gasteiger partial charge >= 0.3 is 5.97 Å². The first-order valence-electron chi connectivity index (χ1n) is 9.61. The van der Waals surface area contributed by atoms with Crippen molar-refractivity contribution < 1.29 is 14.3 Å². The molecule has 28 heavy (non-hydrogen) atoms. The van der Waals surface area contributed by atoms with Crippen molar-refractivity contribution in [1.29, 1.82) is 0 Å². The van der Waals surface area contributed by atoms with E-state index in [9.17, 15) is 9.59 Å². The standard InChI is InChI=1S/C20H26N4O3S/c1-22(2)13-14-12-20(19(26)27-14)6-8-24(9-7-20)18(25)16-11-15(21-23(16)3)17-5-4-10-28-17/h4-5,10-11,14H,6-9,12-13H2,1-3H3. The fourth-order valence-electron chi connectivity index (χ4n) is 4.27. The molecule has 1 spiro atoms. The van der Waals surface area contributed by atoms with Crippen LogP contribution in [0.4, 0.5) is 0 Å². The van der Waals surface area contributed by atoms with E-state index in [2.05, 4.69) is 5.10 Å². The molecule has 1 unspecified atom stereocenters. The Morgan fingerprint density at radius 1 is 1.39 bits per heavy atom. The van der Waals surface area contributed by atoms with Gasteiger partial charge in [-0.05, 0) is 44.4 Å². The quantitative estimate of drug-likeness (QED) is 0.734. The number of hydrogen-bond donors (Lipinski definition) is 0. The number of piperidine rings is 1. The number of thiophene rings is 1. The fraction of sp³-hybridized carbons (Fsp3) is 0.550. The van der Waals surface area contributed by atoms with Crippen LogP contribution in [-0.4, -0.2) is 71.3 Å². The molecular weight excluding hydrogens is 376 g/mol. The second-order valence-electron chi connectivity index (χ2n) is 8.08. The van der Waals surface area contributed by atoms with Crippen molar-refractivity contribution in [3.63, 3.8) is 0 Å². The Hall–Kier alpha value is -2.19. The Morgan fingerprint density at radius 2 is 2.14 bits per heavy atom. The van der Waals surface area contributed by atoms with Crippen molar-refractivity contribution >= 4 is 23.2 Å². The van der Waals surface area contributed by atoms with E-state index in [0.717, 1.165) is 23.5 Å². The van der Waals surface area contributed by atoms with Gasteiger partial charge in [0.2, 0.25) is 0 Å². The summed E-state index contributed by atoms with van der Waals surface area (Å²) in [7, 11) is 5.77.